The van der Waals surface area contributed by atoms with Crippen LogP contribution in [0.3, 0.4) is 0 Å². The summed E-state index contributed by atoms with van der Waals surface area (Å²) in [5.74, 6) is 0. The summed E-state index contributed by atoms with van der Waals surface area (Å²) in [4.78, 5) is 0. The summed E-state index contributed by atoms with van der Waals surface area (Å²) in [5, 5.41) is 3.77. The molecule has 2 aliphatic rings. The van der Waals surface area contributed by atoms with E-state index in [2.05, 4.69) is 12.2 Å². The molecule has 94 valence electrons. The van der Waals surface area contributed by atoms with E-state index in [0.717, 1.165) is 6.54 Å². The molecule has 0 aliphatic heterocycles. The SMILES string of the molecule is CCC1(NCCC2(N)CCCCC2)CCC1. The number of hydrogen-bond acceptors (Lipinski definition) is 2. The largest absolute Gasteiger partial charge is 0.325 e. The Kier molecular flexibility index (Phi) is 3.91. The van der Waals surface area contributed by atoms with Gasteiger partial charge in [0.15, 0.2) is 0 Å². The van der Waals surface area contributed by atoms with E-state index >= 15 is 0 Å². The molecule has 0 spiro atoms. The molecule has 0 heterocycles. The van der Waals surface area contributed by atoms with Crippen LogP contribution in [0, 0.1) is 0 Å². The second-order valence-corrected chi connectivity index (χ2v) is 6.09. The first-order chi connectivity index (χ1) is 7.68. The van der Waals surface area contributed by atoms with Gasteiger partial charge in [0.05, 0.1) is 0 Å². The maximum absolute atomic E-state index is 6.45. The van der Waals surface area contributed by atoms with Gasteiger partial charge in [0, 0.05) is 11.1 Å². The van der Waals surface area contributed by atoms with Crippen LogP contribution in [0.25, 0.3) is 0 Å². The Morgan fingerprint density at radius 3 is 2.19 bits per heavy atom. The Morgan fingerprint density at radius 2 is 1.69 bits per heavy atom. The van der Waals surface area contributed by atoms with Crippen molar-refractivity contribution in [2.75, 3.05) is 6.54 Å². The fourth-order valence-corrected chi connectivity index (χ4v) is 3.34. The lowest BCUT2D eigenvalue weighted by Gasteiger charge is -2.43. The highest BCUT2D eigenvalue weighted by Crippen LogP contribution is 2.35. The van der Waals surface area contributed by atoms with E-state index in [4.69, 9.17) is 5.73 Å². The van der Waals surface area contributed by atoms with Gasteiger partial charge in [-0.05, 0) is 51.5 Å². The van der Waals surface area contributed by atoms with Gasteiger partial charge in [-0.25, -0.2) is 0 Å². The van der Waals surface area contributed by atoms with Gasteiger partial charge in [-0.3, -0.25) is 0 Å². The van der Waals surface area contributed by atoms with E-state index in [-0.39, 0.29) is 5.54 Å². The molecular formula is C14H28N2. The molecule has 0 atom stereocenters. The Hall–Kier alpha value is -0.0800. The highest BCUT2D eigenvalue weighted by molar-refractivity contribution is 4.96. The van der Waals surface area contributed by atoms with Crippen LogP contribution in [0.5, 0.6) is 0 Å². The lowest BCUT2D eigenvalue weighted by molar-refractivity contribution is 0.166. The van der Waals surface area contributed by atoms with Gasteiger partial charge in [0.25, 0.3) is 0 Å². The van der Waals surface area contributed by atoms with Crippen molar-refractivity contribution >= 4 is 0 Å². The predicted molar refractivity (Wildman–Crippen MR) is 69.5 cm³/mol. The van der Waals surface area contributed by atoms with Crippen molar-refractivity contribution in [2.45, 2.75) is 82.2 Å². The molecule has 0 aromatic carbocycles. The zero-order valence-corrected chi connectivity index (χ0v) is 10.9. The highest BCUT2D eigenvalue weighted by atomic mass is 15.0. The van der Waals surface area contributed by atoms with Crippen molar-refractivity contribution in [3.63, 3.8) is 0 Å². The van der Waals surface area contributed by atoms with Gasteiger partial charge in [-0.1, -0.05) is 26.2 Å². The normalized spacial score (nSPS) is 27.4. The third-order valence-electron chi connectivity index (χ3n) is 4.96. The summed E-state index contributed by atoms with van der Waals surface area (Å²) in [6.07, 6.45) is 13.2. The van der Waals surface area contributed by atoms with E-state index < -0.39 is 0 Å². The predicted octanol–water partition coefficient (Wildman–Crippen LogP) is 2.96. The molecule has 0 amide bonds. The summed E-state index contributed by atoms with van der Waals surface area (Å²) in [6, 6.07) is 0. The smallest absolute Gasteiger partial charge is 0.0178 e. The lowest BCUT2D eigenvalue weighted by Crippen LogP contribution is -2.53. The average molecular weight is 224 g/mol. The molecule has 2 saturated carbocycles. The molecule has 0 saturated heterocycles. The monoisotopic (exact) mass is 224 g/mol. The maximum Gasteiger partial charge on any atom is 0.0178 e. The summed E-state index contributed by atoms with van der Waals surface area (Å²) in [5.41, 5.74) is 7.10. The number of nitrogens with one attached hydrogen (secondary N) is 1. The van der Waals surface area contributed by atoms with Crippen LogP contribution in [-0.4, -0.2) is 17.6 Å². The molecular weight excluding hydrogens is 196 g/mol. The standard InChI is InChI=1S/C14H28N2/c1-2-14(9-6-10-14)16-12-11-13(15)7-4-3-5-8-13/h16H,2-12,15H2,1H3. The second kappa shape index (κ2) is 5.05. The first-order valence-corrected chi connectivity index (χ1v) is 7.22. The summed E-state index contributed by atoms with van der Waals surface area (Å²) in [6.45, 7) is 3.44. The van der Waals surface area contributed by atoms with Gasteiger partial charge >= 0.3 is 0 Å². The molecule has 2 rings (SSSR count). The van der Waals surface area contributed by atoms with E-state index in [1.165, 1.54) is 64.2 Å². The lowest BCUT2D eigenvalue weighted by atomic mass is 9.74. The van der Waals surface area contributed by atoms with Crippen LogP contribution in [0.15, 0.2) is 0 Å². The molecule has 0 aromatic heterocycles. The van der Waals surface area contributed by atoms with Crippen molar-refractivity contribution < 1.29 is 0 Å². The number of rotatable bonds is 5. The van der Waals surface area contributed by atoms with Gasteiger partial charge in [-0.2, -0.15) is 0 Å². The average Bonchev–Trinajstić information content (AvgIpc) is 2.23. The first-order valence-electron chi connectivity index (χ1n) is 7.22. The van der Waals surface area contributed by atoms with Crippen LogP contribution >= 0.6 is 0 Å². The highest BCUT2D eigenvalue weighted by Gasteiger charge is 2.35. The summed E-state index contributed by atoms with van der Waals surface area (Å²) in [7, 11) is 0. The van der Waals surface area contributed by atoms with E-state index in [1.54, 1.807) is 0 Å². The minimum absolute atomic E-state index is 0.157. The quantitative estimate of drug-likeness (QED) is 0.753. The van der Waals surface area contributed by atoms with Crippen molar-refractivity contribution in [1.82, 2.24) is 5.32 Å². The van der Waals surface area contributed by atoms with Gasteiger partial charge in [0.2, 0.25) is 0 Å². The van der Waals surface area contributed by atoms with Crippen molar-refractivity contribution in [1.29, 1.82) is 0 Å². The van der Waals surface area contributed by atoms with E-state index in [9.17, 15) is 0 Å². The van der Waals surface area contributed by atoms with E-state index in [0.29, 0.717) is 5.54 Å². The Balaban J connectivity index is 1.70. The van der Waals surface area contributed by atoms with E-state index in [1.807, 2.05) is 0 Å². The molecule has 0 unspecified atom stereocenters. The molecule has 0 aromatic rings. The van der Waals surface area contributed by atoms with Crippen LogP contribution in [0.2, 0.25) is 0 Å². The molecule has 2 fully saturated rings. The fourth-order valence-electron chi connectivity index (χ4n) is 3.34. The summed E-state index contributed by atoms with van der Waals surface area (Å²) < 4.78 is 0. The Bertz CT molecular complexity index is 209. The zero-order chi connectivity index (χ0) is 11.5. The van der Waals surface area contributed by atoms with Crippen LogP contribution < -0.4 is 11.1 Å². The van der Waals surface area contributed by atoms with Gasteiger partial charge in [-0.15, -0.1) is 0 Å². The zero-order valence-electron chi connectivity index (χ0n) is 10.9. The number of nitrogens with two attached hydrogens (primary N) is 1. The minimum atomic E-state index is 0.157. The third kappa shape index (κ3) is 2.78. The Morgan fingerprint density at radius 1 is 1.00 bits per heavy atom. The molecule has 2 aliphatic carbocycles. The van der Waals surface area contributed by atoms with Gasteiger partial charge < -0.3 is 11.1 Å². The molecule has 2 heteroatoms. The van der Waals surface area contributed by atoms with Crippen molar-refractivity contribution in [3.05, 3.63) is 0 Å². The molecule has 0 radical (unpaired) electrons. The third-order valence-corrected chi connectivity index (χ3v) is 4.96. The van der Waals surface area contributed by atoms with Gasteiger partial charge in [0.1, 0.15) is 0 Å². The minimum Gasteiger partial charge on any atom is -0.325 e. The maximum atomic E-state index is 6.45. The summed E-state index contributed by atoms with van der Waals surface area (Å²) >= 11 is 0. The first kappa shape index (κ1) is 12.4. The van der Waals surface area contributed by atoms with Crippen molar-refractivity contribution in [3.8, 4) is 0 Å². The van der Waals surface area contributed by atoms with Crippen LogP contribution in [0.1, 0.15) is 71.1 Å². The molecule has 16 heavy (non-hydrogen) atoms. The van der Waals surface area contributed by atoms with Crippen LogP contribution in [-0.2, 0) is 0 Å². The second-order valence-electron chi connectivity index (χ2n) is 6.09. The van der Waals surface area contributed by atoms with Crippen LogP contribution in [0.4, 0.5) is 0 Å². The molecule has 2 nitrogen and oxygen atoms in total. The Labute approximate surface area is 100 Å². The molecule has 0 bridgehead atoms. The topological polar surface area (TPSA) is 38.0 Å². The molecule has 3 N–H and O–H groups in total. The number of hydrogen-bond donors (Lipinski definition) is 2. The van der Waals surface area contributed by atoms with Crippen molar-refractivity contribution in [2.24, 2.45) is 5.73 Å². The fraction of sp³-hybridized carbons (Fsp3) is 1.00.